The predicted molar refractivity (Wildman–Crippen MR) is 106 cm³/mol. The highest BCUT2D eigenvalue weighted by Crippen LogP contribution is 2.30. The molecule has 2 heterocycles. The van der Waals surface area contributed by atoms with Gasteiger partial charge in [0.25, 0.3) is 0 Å². The number of aromatic nitrogens is 4. The molecule has 0 aliphatic heterocycles. The zero-order valence-electron chi connectivity index (χ0n) is 15.1. The van der Waals surface area contributed by atoms with E-state index < -0.39 is 0 Å². The summed E-state index contributed by atoms with van der Waals surface area (Å²) in [6.45, 7) is 0. The summed E-state index contributed by atoms with van der Waals surface area (Å²) in [6, 6.07) is 17.8. The number of benzene rings is 2. The monoisotopic (exact) mass is 357 g/mol. The molecule has 7 nitrogen and oxygen atoms in total. The van der Waals surface area contributed by atoms with Crippen LogP contribution in [0.2, 0.25) is 0 Å². The third kappa shape index (κ3) is 2.79. The first-order valence-electron chi connectivity index (χ1n) is 8.49. The van der Waals surface area contributed by atoms with Gasteiger partial charge >= 0.3 is 0 Å². The highest BCUT2D eigenvalue weighted by Gasteiger charge is 2.14. The Labute approximate surface area is 156 Å². The van der Waals surface area contributed by atoms with E-state index >= 15 is 0 Å². The number of hydrogen-bond donors (Lipinski definition) is 2. The van der Waals surface area contributed by atoms with Crippen LogP contribution in [0.4, 0.5) is 11.5 Å². The van der Waals surface area contributed by atoms with Crippen molar-refractivity contribution in [1.29, 1.82) is 10.8 Å². The molecule has 2 aromatic carbocycles. The maximum absolute atomic E-state index is 8.20. The largest absolute Gasteiger partial charge is 0.329 e. The maximum Gasteiger partial charge on any atom is 0.229 e. The molecule has 0 unspecified atom stereocenters. The van der Waals surface area contributed by atoms with E-state index in [0.717, 1.165) is 34.2 Å². The Kier molecular flexibility index (Phi) is 4.04. The highest BCUT2D eigenvalue weighted by atomic mass is 15.3. The van der Waals surface area contributed by atoms with Crippen molar-refractivity contribution in [3.63, 3.8) is 0 Å². The smallest absolute Gasteiger partial charge is 0.229 e. The molecule has 2 aromatic heterocycles. The maximum atomic E-state index is 8.20. The first-order chi connectivity index (χ1) is 13.1. The van der Waals surface area contributed by atoms with Gasteiger partial charge in [-0.2, -0.15) is 10.1 Å². The summed E-state index contributed by atoms with van der Waals surface area (Å²) in [5.41, 5.74) is 3.84. The minimum absolute atomic E-state index is 0.0216. The highest BCUT2D eigenvalue weighted by molar-refractivity contribution is 5.94. The fourth-order valence-electron chi connectivity index (χ4n) is 3.24. The minimum atomic E-state index is 0.0216. The SMILES string of the molecule is CN(c1cccc(-c2ccnn2C)c1)c1nc(=N)n(C=N)c2ccccc12. The molecule has 0 amide bonds. The summed E-state index contributed by atoms with van der Waals surface area (Å²) in [5.74, 6) is 0.677. The first kappa shape index (κ1) is 16.7. The second kappa shape index (κ2) is 6.53. The van der Waals surface area contributed by atoms with Crippen molar-refractivity contribution in [1.82, 2.24) is 19.3 Å². The lowest BCUT2D eigenvalue weighted by Gasteiger charge is -2.21. The molecule has 4 aromatic rings. The summed E-state index contributed by atoms with van der Waals surface area (Å²) in [6.07, 6.45) is 2.89. The van der Waals surface area contributed by atoms with Gasteiger partial charge in [-0.3, -0.25) is 20.1 Å². The van der Waals surface area contributed by atoms with Gasteiger partial charge in [0.1, 0.15) is 5.82 Å². The van der Waals surface area contributed by atoms with Crippen LogP contribution in [0.3, 0.4) is 0 Å². The Morgan fingerprint density at radius 2 is 1.89 bits per heavy atom. The van der Waals surface area contributed by atoms with Crippen LogP contribution in [0.5, 0.6) is 0 Å². The van der Waals surface area contributed by atoms with Crippen LogP contribution in [-0.2, 0) is 7.05 Å². The van der Waals surface area contributed by atoms with Crippen LogP contribution in [0, 0.1) is 10.8 Å². The topological polar surface area (TPSA) is 86.6 Å². The summed E-state index contributed by atoms with van der Waals surface area (Å²) in [7, 11) is 3.85. The van der Waals surface area contributed by atoms with Gasteiger partial charge in [0.05, 0.1) is 17.5 Å². The Morgan fingerprint density at radius 3 is 2.63 bits per heavy atom. The van der Waals surface area contributed by atoms with E-state index in [2.05, 4.69) is 16.1 Å². The van der Waals surface area contributed by atoms with Crippen molar-refractivity contribution >= 4 is 28.7 Å². The molecule has 134 valence electrons. The Hall–Kier alpha value is -3.74. The Bertz CT molecular complexity index is 1200. The van der Waals surface area contributed by atoms with Crippen molar-refractivity contribution in [2.24, 2.45) is 7.05 Å². The predicted octanol–water partition coefficient (Wildman–Crippen LogP) is 3.14. The standard InChI is InChI=1S/C20H19N7/c1-25(15-7-5-6-14(12-15)17-10-11-23-26(17)2)19-16-8-3-4-9-18(16)27(13-21)20(22)24-19/h3-13,21-22H,1-2H3. The molecular weight excluding hydrogens is 338 g/mol. The molecule has 7 heteroatoms. The zero-order valence-corrected chi connectivity index (χ0v) is 15.1. The van der Waals surface area contributed by atoms with E-state index in [4.69, 9.17) is 10.8 Å². The van der Waals surface area contributed by atoms with Crippen molar-refractivity contribution in [2.45, 2.75) is 0 Å². The average molecular weight is 357 g/mol. The molecule has 0 spiro atoms. The quantitative estimate of drug-likeness (QED) is 0.434. The van der Waals surface area contributed by atoms with E-state index in [1.807, 2.05) is 72.2 Å². The molecule has 27 heavy (non-hydrogen) atoms. The number of hydrogen-bond acceptors (Lipinski definition) is 5. The lowest BCUT2D eigenvalue weighted by molar-refractivity contribution is 0.776. The fraction of sp³-hybridized carbons (Fsp3) is 0.100. The van der Waals surface area contributed by atoms with Crippen LogP contribution < -0.4 is 10.5 Å². The van der Waals surface area contributed by atoms with Crippen LogP contribution in [0.1, 0.15) is 0 Å². The number of anilines is 2. The molecule has 2 N–H and O–H groups in total. The molecule has 0 bridgehead atoms. The van der Waals surface area contributed by atoms with Crippen molar-refractivity contribution in [2.75, 3.05) is 11.9 Å². The summed E-state index contributed by atoms with van der Waals surface area (Å²) < 4.78 is 3.29. The van der Waals surface area contributed by atoms with Gasteiger partial charge in [-0.15, -0.1) is 0 Å². The van der Waals surface area contributed by atoms with E-state index in [1.165, 1.54) is 4.57 Å². The molecule has 0 fully saturated rings. The lowest BCUT2D eigenvalue weighted by Crippen LogP contribution is -2.26. The molecule has 0 atom stereocenters. The number of para-hydroxylation sites is 1. The molecule has 0 aliphatic carbocycles. The normalized spacial score (nSPS) is 10.9. The summed E-state index contributed by atoms with van der Waals surface area (Å²) >= 11 is 0. The van der Waals surface area contributed by atoms with Crippen molar-refractivity contribution < 1.29 is 0 Å². The third-order valence-corrected chi connectivity index (χ3v) is 4.64. The van der Waals surface area contributed by atoms with Gasteiger partial charge in [-0.1, -0.05) is 24.3 Å². The molecule has 0 saturated heterocycles. The van der Waals surface area contributed by atoms with Crippen LogP contribution >= 0.6 is 0 Å². The number of aryl methyl sites for hydroxylation is 1. The number of rotatable bonds is 4. The zero-order chi connectivity index (χ0) is 19.0. The second-order valence-electron chi connectivity index (χ2n) is 6.22. The van der Waals surface area contributed by atoms with Gasteiger partial charge in [-0.05, 0) is 30.3 Å². The molecule has 0 radical (unpaired) electrons. The van der Waals surface area contributed by atoms with E-state index in [-0.39, 0.29) is 5.62 Å². The van der Waals surface area contributed by atoms with Gasteiger partial charge < -0.3 is 4.90 Å². The van der Waals surface area contributed by atoms with Crippen molar-refractivity contribution in [3.8, 4) is 11.3 Å². The van der Waals surface area contributed by atoms with Gasteiger partial charge in [0, 0.05) is 36.9 Å². The molecular formula is C20H19N7. The lowest BCUT2D eigenvalue weighted by atomic mass is 10.1. The number of fused-ring (bicyclic) bond motifs is 1. The number of nitrogens with one attached hydrogen (secondary N) is 2. The van der Waals surface area contributed by atoms with Gasteiger partial charge in [0.15, 0.2) is 0 Å². The Balaban J connectivity index is 1.87. The number of nitrogens with zero attached hydrogens (tertiary/aromatic N) is 5. The van der Waals surface area contributed by atoms with Crippen LogP contribution in [-0.4, -0.2) is 32.7 Å². The second-order valence-corrected chi connectivity index (χ2v) is 6.22. The summed E-state index contributed by atoms with van der Waals surface area (Å²) in [5, 5.41) is 20.9. The van der Waals surface area contributed by atoms with E-state index in [1.54, 1.807) is 6.20 Å². The minimum Gasteiger partial charge on any atom is -0.329 e. The van der Waals surface area contributed by atoms with Crippen LogP contribution in [0.15, 0.2) is 60.8 Å². The van der Waals surface area contributed by atoms with E-state index in [0.29, 0.717) is 5.82 Å². The molecule has 0 saturated carbocycles. The summed E-state index contributed by atoms with van der Waals surface area (Å²) in [4.78, 5) is 6.41. The van der Waals surface area contributed by atoms with Crippen LogP contribution in [0.25, 0.3) is 22.2 Å². The fourth-order valence-corrected chi connectivity index (χ4v) is 3.24. The average Bonchev–Trinajstić information content (AvgIpc) is 3.13. The van der Waals surface area contributed by atoms with Gasteiger partial charge in [0.2, 0.25) is 5.62 Å². The molecule has 4 rings (SSSR count). The van der Waals surface area contributed by atoms with Crippen molar-refractivity contribution in [3.05, 3.63) is 66.4 Å². The first-order valence-corrected chi connectivity index (χ1v) is 8.49. The third-order valence-electron chi connectivity index (χ3n) is 4.64. The van der Waals surface area contributed by atoms with E-state index in [9.17, 15) is 0 Å². The van der Waals surface area contributed by atoms with Gasteiger partial charge in [-0.25, -0.2) is 0 Å². The molecule has 0 aliphatic rings. The Morgan fingerprint density at radius 1 is 1.07 bits per heavy atom.